The van der Waals surface area contributed by atoms with Crippen molar-refractivity contribution >= 4 is 5.82 Å². The molecule has 1 aliphatic rings. The number of nitrogens with zero attached hydrogens (tertiary/aromatic N) is 2. The number of aromatic nitrogens is 1. The molecule has 0 bridgehead atoms. The number of anilines is 1. The molecule has 0 unspecified atom stereocenters. The van der Waals surface area contributed by atoms with Gasteiger partial charge in [0.25, 0.3) is 0 Å². The Morgan fingerprint density at radius 2 is 1.93 bits per heavy atom. The summed E-state index contributed by atoms with van der Waals surface area (Å²) in [5.41, 5.74) is 8.09. The lowest BCUT2D eigenvalue weighted by atomic mass is 10.2. The highest BCUT2D eigenvalue weighted by molar-refractivity contribution is 5.35. The van der Waals surface area contributed by atoms with Crippen molar-refractivity contribution in [2.75, 3.05) is 5.73 Å². The molecule has 1 aromatic rings. The van der Waals surface area contributed by atoms with Crippen molar-refractivity contribution in [1.82, 2.24) is 9.88 Å². The number of pyridine rings is 1. The van der Waals surface area contributed by atoms with E-state index in [-0.39, 0.29) is 0 Å². The highest BCUT2D eigenvalue weighted by Crippen LogP contribution is 2.23. The Morgan fingerprint density at radius 1 is 1.27 bits per heavy atom. The van der Waals surface area contributed by atoms with Crippen molar-refractivity contribution in [3.63, 3.8) is 0 Å². The van der Waals surface area contributed by atoms with E-state index in [0.29, 0.717) is 11.9 Å². The molecule has 3 nitrogen and oxygen atoms in total. The Labute approximate surface area is 92.3 Å². The van der Waals surface area contributed by atoms with Crippen LogP contribution >= 0.6 is 0 Å². The Bertz CT molecular complexity index is 321. The summed E-state index contributed by atoms with van der Waals surface area (Å²) in [4.78, 5) is 6.71. The number of hydrogen-bond acceptors (Lipinski definition) is 3. The lowest BCUT2D eigenvalue weighted by Gasteiger charge is -2.18. The van der Waals surface area contributed by atoms with Crippen molar-refractivity contribution in [2.45, 2.75) is 46.8 Å². The molecule has 0 atom stereocenters. The van der Waals surface area contributed by atoms with Gasteiger partial charge < -0.3 is 5.73 Å². The molecule has 0 saturated carbocycles. The Kier molecular flexibility index (Phi) is 4.09. The van der Waals surface area contributed by atoms with E-state index >= 15 is 0 Å². The third-order valence-corrected chi connectivity index (χ3v) is 2.55. The molecule has 0 aromatic carbocycles. The summed E-state index contributed by atoms with van der Waals surface area (Å²) < 4.78 is 0. The first kappa shape index (κ1) is 12.0. The van der Waals surface area contributed by atoms with E-state index in [1.165, 1.54) is 5.56 Å². The van der Waals surface area contributed by atoms with Crippen LogP contribution < -0.4 is 5.73 Å². The van der Waals surface area contributed by atoms with Gasteiger partial charge in [0.15, 0.2) is 0 Å². The maximum atomic E-state index is 5.62. The van der Waals surface area contributed by atoms with Crippen LogP contribution in [0.1, 0.15) is 39.0 Å². The van der Waals surface area contributed by atoms with E-state index in [2.05, 4.69) is 29.8 Å². The zero-order chi connectivity index (χ0) is 11.4. The highest BCUT2D eigenvalue weighted by atomic mass is 15.2. The molecule has 1 aliphatic heterocycles. The predicted octanol–water partition coefficient (Wildman–Crippen LogP) is 2.41. The lowest BCUT2D eigenvalue weighted by molar-refractivity contribution is 0.226. The largest absolute Gasteiger partial charge is 0.384 e. The maximum Gasteiger partial charge on any atom is 0.123 e. The number of nitrogen functional groups attached to an aromatic ring is 1. The Hall–Kier alpha value is -1.09. The molecule has 3 heteroatoms. The van der Waals surface area contributed by atoms with Crippen molar-refractivity contribution in [2.24, 2.45) is 0 Å². The number of nitrogens with two attached hydrogens (primary N) is 1. The van der Waals surface area contributed by atoms with Crippen LogP contribution in [0.15, 0.2) is 12.1 Å². The number of hydrogen-bond donors (Lipinski definition) is 1. The van der Waals surface area contributed by atoms with Gasteiger partial charge in [0.1, 0.15) is 5.82 Å². The molecule has 0 aliphatic carbocycles. The topological polar surface area (TPSA) is 42.1 Å². The average molecular weight is 207 g/mol. The third kappa shape index (κ3) is 2.69. The van der Waals surface area contributed by atoms with Gasteiger partial charge in [-0.05, 0) is 25.5 Å². The van der Waals surface area contributed by atoms with Crippen LogP contribution in [0.3, 0.4) is 0 Å². The van der Waals surface area contributed by atoms with E-state index in [9.17, 15) is 0 Å². The van der Waals surface area contributed by atoms with Crippen molar-refractivity contribution in [1.29, 1.82) is 0 Å². The molecule has 84 valence electrons. The molecular weight excluding hydrogens is 186 g/mol. The van der Waals surface area contributed by atoms with E-state index < -0.39 is 0 Å². The van der Waals surface area contributed by atoms with Crippen molar-refractivity contribution in [3.05, 3.63) is 23.4 Å². The molecular formula is C12H21N3. The minimum absolute atomic E-state index is 0.579. The normalized spacial score (nSPS) is 14.7. The minimum Gasteiger partial charge on any atom is -0.384 e. The second kappa shape index (κ2) is 5.12. The van der Waals surface area contributed by atoms with Gasteiger partial charge in [-0.1, -0.05) is 19.9 Å². The number of rotatable bonds is 1. The van der Waals surface area contributed by atoms with Crippen LogP contribution in [0.25, 0.3) is 0 Å². The summed E-state index contributed by atoms with van der Waals surface area (Å²) in [6.07, 6.45) is 0. The van der Waals surface area contributed by atoms with E-state index in [4.69, 9.17) is 5.73 Å². The first-order chi connectivity index (χ1) is 7.16. The SMILES string of the molecule is CC.CC(C)N1Cc2ccc(N)nc2C1. The fourth-order valence-electron chi connectivity index (χ4n) is 1.66. The zero-order valence-electron chi connectivity index (χ0n) is 10.1. The summed E-state index contributed by atoms with van der Waals surface area (Å²) in [7, 11) is 0. The van der Waals surface area contributed by atoms with Crippen LogP contribution in [0, 0.1) is 0 Å². The second-order valence-corrected chi connectivity index (χ2v) is 3.84. The van der Waals surface area contributed by atoms with Crippen LogP contribution in [0.5, 0.6) is 0 Å². The summed E-state index contributed by atoms with van der Waals surface area (Å²) in [6, 6.07) is 4.54. The van der Waals surface area contributed by atoms with Gasteiger partial charge >= 0.3 is 0 Å². The molecule has 2 heterocycles. The molecule has 0 fully saturated rings. The molecule has 15 heavy (non-hydrogen) atoms. The molecule has 1 aromatic heterocycles. The summed E-state index contributed by atoms with van der Waals surface area (Å²) in [5, 5.41) is 0. The van der Waals surface area contributed by atoms with Crippen molar-refractivity contribution in [3.8, 4) is 0 Å². The molecule has 0 amide bonds. The quantitative estimate of drug-likeness (QED) is 0.769. The minimum atomic E-state index is 0.579. The van der Waals surface area contributed by atoms with Gasteiger partial charge in [0.05, 0.1) is 5.69 Å². The van der Waals surface area contributed by atoms with Gasteiger partial charge in [-0.3, -0.25) is 4.90 Å². The summed E-state index contributed by atoms with van der Waals surface area (Å²) in [6.45, 7) is 10.4. The van der Waals surface area contributed by atoms with Gasteiger partial charge in [-0.2, -0.15) is 0 Å². The second-order valence-electron chi connectivity index (χ2n) is 3.84. The van der Waals surface area contributed by atoms with Crippen LogP contribution in [-0.4, -0.2) is 15.9 Å². The van der Waals surface area contributed by atoms with Crippen LogP contribution in [0.2, 0.25) is 0 Å². The zero-order valence-corrected chi connectivity index (χ0v) is 10.1. The summed E-state index contributed by atoms with van der Waals surface area (Å²) in [5.74, 6) is 0.629. The number of fused-ring (bicyclic) bond motifs is 1. The van der Waals surface area contributed by atoms with E-state index in [0.717, 1.165) is 18.8 Å². The highest BCUT2D eigenvalue weighted by Gasteiger charge is 2.21. The lowest BCUT2D eigenvalue weighted by Crippen LogP contribution is -2.24. The van der Waals surface area contributed by atoms with Crippen molar-refractivity contribution < 1.29 is 0 Å². The van der Waals surface area contributed by atoms with Gasteiger partial charge in [0.2, 0.25) is 0 Å². The first-order valence-corrected chi connectivity index (χ1v) is 5.65. The summed E-state index contributed by atoms with van der Waals surface area (Å²) >= 11 is 0. The molecule has 2 N–H and O–H groups in total. The molecule has 0 radical (unpaired) electrons. The Morgan fingerprint density at radius 3 is 2.53 bits per heavy atom. The first-order valence-electron chi connectivity index (χ1n) is 5.65. The molecule has 0 spiro atoms. The van der Waals surface area contributed by atoms with Crippen LogP contribution in [-0.2, 0) is 13.1 Å². The Balaban J connectivity index is 0.000000531. The predicted molar refractivity (Wildman–Crippen MR) is 64.4 cm³/mol. The smallest absolute Gasteiger partial charge is 0.123 e. The monoisotopic (exact) mass is 207 g/mol. The standard InChI is InChI=1S/C10H15N3.C2H6/c1-7(2)13-5-8-3-4-10(11)12-9(8)6-13;1-2/h3-4,7H,5-6H2,1-2H3,(H2,11,12);1-2H3. The molecule has 0 saturated heterocycles. The molecule has 2 rings (SSSR count). The fraction of sp³-hybridized carbons (Fsp3) is 0.583. The fourth-order valence-corrected chi connectivity index (χ4v) is 1.66. The van der Waals surface area contributed by atoms with Gasteiger partial charge in [-0.15, -0.1) is 0 Å². The van der Waals surface area contributed by atoms with Crippen LogP contribution in [0.4, 0.5) is 5.82 Å². The van der Waals surface area contributed by atoms with E-state index in [1.54, 1.807) is 0 Å². The van der Waals surface area contributed by atoms with Gasteiger partial charge in [0, 0.05) is 19.1 Å². The maximum absolute atomic E-state index is 5.62. The average Bonchev–Trinajstić information content (AvgIpc) is 2.63. The van der Waals surface area contributed by atoms with Gasteiger partial charge in [-0.25, -0.2) is 4.98 Å². The van der Waals surface area contributed by atoms with E-state index in [1.807, 2.05) is 19.9 Å². The third-order valence-electron chi connectivity index (χ3n) is 2.55.